The highest BCUT2D eigenvalue weighted by molar-refractivity contribution is 5.85. The van der Waals surface area contributed by atoms with E-state index in [0.717, 1.165) is 18.7 Å². The Morgan fingerprint density at radius 3 is 2.50 bits per heavy atom. The Morgan fingerprint density at radius 2 is 2.00 bits per heavy atom. The molecule has 1 aromatic carbocycles. The summed E-state index contributed by atoms with van der Waals surface area (Å²) in [5, 5.41) is 15.0. The first-order valence-corrected chi connectivity index (χ1v) is 6.85. The van der Waals surface area contributed by atoms with E-state index in [2.05, 4.69) is 10.6 Å². The van der Waals surface area contributed by atoms with Crippen LogP contribution in [0.4, 0.5) is 0 Å². The average molecular weight is 276 g/mol. The van der Waals surface area contributed by atoms with Crippen LogP contribution in [-0.4, -0.2) is 36.1 Å². The normalized spacial score (nSPS) is 17.9. The molecule has 1 aliphatic rings. The van der Waals surface area contributed by atoms with Gasteiger partial charge in [-0.05, 0) is 24.6 Å². The molecule has 1 amide bonds. The van der Waals surface area contributed by atoms with Gasteiger partial charge in [0.2, 0.25) is 5.91 Å². The lowest BCUT2D eigenvalue weighted by Gasteiger charge is -2.32. The van der Waals surface area contributed by atoms with E-state index < -0.39 is 12.0 Å². The van der Waals surface area contributed by atoms with Crippen LogP contribution in [0.1, 0.15) is 12.5 Å². The van der Waals surface area contributed by atoms with Gasteiger partial charge < -0.3 is 15.7 Å². The van der Waals surface area contributed by atoms with Crippen molar-refractivity contribution in [2.45, 2.75) is 19.4 Å². The lowest BCUT2D eigenvalue weighted by atomic mass is 9.88. The van der Waals surface area contributed by atoms with Gasteiger partial charge in [0.05, 0.1) is 0 Å². The van der Waals surface area contributed by atoms with E-state index in [1.165, 1.54) is 0 Å². The zero-order valence-electron chi connectivity index (χ0n) is 11.5. The van der Waals surface area contributed by atoms with Gasteiger partial charge in [0, 0.05) is 12.3 Å². The van der Waals surface area contributed by atoms with Crippen molar-refractivity contribution < 1.29 is 14.7 Å². The van der Waals surface area contributed by atoms with Crippen LogP contribution in [0.3, 0.4) is 0 Å². The van der Waals surface area contributed by atoms with E-state index in [9.17, 15) is 14.7 Å². The summed E-state index contributed by atoms with van der Waals surface area (Å²) in [6.45, 7) is 3.50. The van der Waals surface area contributed by atoms with Crippen LogP contribution in [0.25, 0.3) is 0 Å². The maximum absolute atomic E-state index is 12.1. The maximum atomic E-state index is 12.1. The van der Waals surface area contributed by atoms with Crippen LogP contribution in [0.15, 0.2) is 30.3 Å². The molecule has 2 atom stereocenters. The highest BCUT2D eigenvalue weighted by Gasteiger charge is 2.31. The quantitative estimate of drug-likeness (QED) is 0.713. The van der Waals surface area contributed by atoms with Gasteiger partial charge in [0.25, 0.3) is 0 Å². The Balaban J connectivity index is 1.95. The third kappa shape index (κ3) is 3.57. The van der Waals surface area contributed by atoms with E-state index >= 15 is 0 Å². The van der Waals surface area contributed by atoms with E-state index in [1.807, 2.05) is 37.3 Å². The minimum Gasteiger partial charge on any atom is -0.480 e. The maximum Gasteiger partial charge on any atom is 0.326 e. The molecular weight excluding hydrogens is 256 g/mol. The molecule has 0 aliphatic carbocycles. The first-order chi connectivity index (χ1) is 9.58. The second kappa shape index (κ2) is 6.52. The second-order valence-corrected chi connectivity index (χ2v) is 5.30. The molecule has 0 saturated carbocycles. The number of carboxylic acid groups (broad SMARTS) is 1. The summed E-state index contributed by atoms with van der Waals surface area (Å²) >= 11 is 0. The molecule has 1 aromatic rings. The molecule has 1 fully saturated rings. The fraction of sp³-hybridized carbons (Fsp3) is 0.467. The Labute approximate surface area is 118 Å². The van der Waals surface area contributed by atoms with Crippen molar-refractivity contribution in [2.75, 3.05) is 13.1 Å². The molecule has 0 bridgehead atoms. The number of hydrogen-bond acceptors (Lipinski definition) is 3. The molecule has 0 spiro atoms. The number of amides is 1. The molecule has 0 radical (unpaired) electrons. The number of carboxylic acids is 1. The first kappa shape index (κ1) is 14.5. The predicted octanol–water partition coefficient (Wildman–Crippen LogP) is 0.654. The molecular formula is C15H20N2O3. The Hall–Kier alpha value is -1.88. The van der Waals surface area contributed by atoms with Crippen LogP contribution in [0, 0.1) is 11.8 Å². The summed E-state index contributed by atoms with van der Waals surface area (Å²) < 4.78 is 0. The topological polar surface area (TPSA) is 78.4 Å². The van der Waals surface area contributed by atoms with Gasteiger partial charge in [-0.25, -0.2) is 4.79 Å². The lowest BCUT2D eigenvalue weighted by Crippen LogP contribution is -2.52. The van der Waals surface area contributed by atoms with Crippen LogP contribution in [0.5, 0.6) is 0 Å². The average Bonchev–Trinajstić information content (AvgIpc) is 2.36. The number of rotatable bonds is 6. The summed E-state index contributed by atoms with van der Waals surface area (Å²) in [5.41, 5.74) is 0.901. The monoisotopic (exact) mass is 276 g/mol. The van der Waals surface area contributed by atoms with E-state index in [1.54, 1.807) is 0 Å². The van der Waals surface area contributed by atoms with Crippen molar-refractivity contribution in [1.29, 1.82) is 0 Å². The Kier molecular flexibility index (Phi) is 4.74. The van der Waals surface area contributed by atoms with Gasteiger partial charge in [-0.1, -0.05) is 37.3 Å². The summed E-state index contributed by atoms with van der Waals surface area (Å²) in [4.78, 5) is 23.4. The largest absolute Gasteiger partial charge is 0.480 e. The summed E-state index contributed by atoms with van der Waals surface area (Å²) in [6, 6.07) is 8.45. The minimum absolute atomic E-state index is 0.158. The molecule has 1 heterocycles. The number of benzene rings is 1. The Morgan fingerprint density at radius 1 is 1.35 bits per heavy atom. The molecule has 5 heteroatoms. The number of aliphatic carboxylic acids is 1. The van der Waals surface area contributed by atoms with Crippen molar-refractivity contribution >= 4 is 11.9 Å². The van der Waals surface area contributed by atoms with Crippen LogP contribution >= 0.6 is 0 Å². The zero-order chi connectivity index (χ0) is 14.5. The SMILES string of the molecule is CC(C(=O)N[C@@H](Cc1ccccc1)C(=O)O)C1CNC1. The highest BCUT2D eigenvalue weighted by atomic mass is 16.4. The number of carbonyl (C=O) groups excluding carboxylic acids is 1. The molecule has 0 aromatic heterocycles. The van der Waals surface area contributed by atoms with Gasteiger partial charge >= 0.3 is 5.97 Å². The first-order valence-electron chi connectivity index (χ1n) is 6.85. The van der Waals surface area contributed by atoms with Crippen LogP contribution in [-0.2, 0) is 16.0 Å². The van der Waals surface area contributed by atoms with Crippen molar-refractivity contribution in [2.24, 2.45) is 11.8 Å². The fourth-order valence-corrected chi connectivity index (χ4v) is 2.23. The summed E-state index contributed by atoms with van der Waals surface area (Å²) in [5.74, 6) is -1.03. The summed E-state index contributed by atoms with van der Waals surface area (Å²) in [6.07, 6.45) is 0.303. The molecule has 1 aliphatic heterocycles. The fourth-order valence-electron chi connectivity index (χ4n) is 2.23. The van der Waals surface area contributed by atoms with Gasteiger partial charge in [-0.15, -0.1) is 0 Å². The molecule has 108 valence electrons. The van der Waals surface area contributed by atoms with Crippen molar-refractivity contribution in [1.82, 2.24) is 10.6 Å². The molecule has 2 rings (SSSR count). The predicted molar refractivity (Wildman–Crippen MR) is 75.2 cm³/mol. The number of hydrogen-bond donors (Lipinski definition) is 3. The smallest absolute Gasteiger partial charge is 0.326 e. The number of nitrogens with one attached hydrogen (secondary N) is 2. The third-order valence-electron chi connectivity index (χ3n) is 3.83. The zero-order valence-corrected chi connectivity index (χ0v) is 11.5. The minimum atomic E-state index is -0.999. The highest BCUT2D eigenvalue weighted by Crippen LogP contribution is 2.16. The van der Waals surface area contributed by atoms with Crippen molar-refractivity contribution in [3.8, 4) is 0 Å². The van der Waals surface area contributed by atoms with E-state index in [-0.39, 0.29) is 11.8 Å². The van der Waals surface area contributed by atoms with Gasteiger partial charge in [0.15, 0.2) is 0 Å². The van der Waals surface area contributed by atoms with Gasteiger partial charge in [-0.3, -0.25) is 4.79 Å². The van der Waals surface area contributed by atoms with Gasteiger partial charge in [-0.2, -0.15) is 0 Å². The molecule has 1 saturated heterocycles. The molecule has 20 heavy (non-hydrogen) atoms. The van der Waals surface area contributed by atoms with Crippen molar-refractivity contribution in [3.63, 3.8) is 0 Å². The van der Waals surface area contributed by atoms with E-state index in [0.29, 0.717) is 12.3 Å². The standard InChI is InChI=1S/C15H20N2O3/c1-10(12-8-16-9-12)14(18)17-13(15(19)20)7-11-5-3-2-4-6-11/h2-6,10,12-13,16H,7-9H2,1H3,(H,17,18)(H,19,20)/t10?,13-/m0/s1. The van der Waals surface area contributed by atoms with Crippen molar-refractivity contribution in [3.05, 3.63) is 35.9 Å². The van der Waals surface area contributed by atoms with Crippen LogP contribution in [0.2, 0.25) is 0 Å². The van der Waals surface area contributed by atoms with Crippen LogP contribution < -0.4 is 10.6 Å². The number of carbonyl (C=O) groups is 2. The summed E-state index contributed by atoms with van der Waals surface area (Å²) in [7, 11) is 0. The third-order valence-corrected chi connectivity index (χ3v) is 3.83. The lowest BCUT2D eigenvalue weighted by molar-refractivity contribution is -0.142. The molecule has 3 N–H and O–H groups in total. The molecule has 5 nitrogen and oxygen atoms in total. The van der Waals surface area contributed by atoms with Gasteiger partial charge in [0.1, 0.15) is 6.04 Å². The van der Waals surface area contributed by atoms with E-state index in [4.69, 9.17) is 0 Å². The second-order valence-electron chi connectivity index (χ2n) is 5.30. The molecule has 1 unspecified atom stereocenters. The Bertz CT molecular complexity index is 471.